The Morgan fingerprint density at radius 2 is 1.85 bits per heavy atom. The first kappa shape index (κ1) is 23.2. The summed E-state index contributed by atoms with van der Waals surface area (Å²) in [5.41, 5.74) is 6.07. The minimum absolute atomic E-state index is 0.00904. The van der Waals surface area contributed by atoms with E-state index in [-0.39, 0.29) is 17.9 Å². The number of amides is 1. The zero-order valence-electron chi connectivity index (χ0n) is 16.6. The number of hydrogen-bond donors (Lipinski definition) is 1. The molecular formula is C19H32N2O5S. The Hall–Kier alpha value is -1.80. The molecule has 0 fully saturated rings. The summed E-state index contributed by atoms with van der Waals surface area (Å²) in [7, 11) is -1.70. The van der Waals surface area contributed by atoms with Crippen LogP contribution in [-0.2, 0) is 21.2 Å². The lowest BCUT2D eigenvalue weighted by Crippen LogP contribution is -2.31. The normalized spacial score (nSPS) is 11.6. The van der Waals surface area contributed by atoms with Gasteiger partial charge in [-0.3, -0.25) is 9.69 Å². The Kier molecular flexibility index (Phi) is 10.2. The summed E-state index contributed by atoms with van der Waals surface area (Å²) < 4.78 is 35.2. The second-order valence-electron chi connectivity index (χ2n) is 6.48. The van der Waals surface area contributed by atoms with Gasteiger partial charge in [-0.05, 0) is 37.1 Å². The fourth-order valence-electron chi connectivity index (χ4n) is 2.61. The van der Waals surface area contributed by atoms with Gasteiger partial charge in [0.25, 0.3) is 0 Å². The number of rotatable bonds is 14. The molecule has 0 bridgehead atoms. The topological polar surface area (TPSA) is 98.9 Å². The summed E-state index contributed by atoms with van der Waals surface area (Å²) in [5, 5.41) is 0. The maximum Gasteiger partial charge on any atom is 0.218 e. The Morgan fingerprint density at radius 3 is 2.44 bits per heavy atom. The highest BCUT2D eigenvalue weighted by atomic mass is 32.2. The molecular weight excluding hydrogens is 368 g/mol. The van der Waals surface area contributed by atoms with Crippen molar-refractivity contribution in [3.63, 3.8) is 0 Å². The lowest BCUT2D eigenvalue weighted by molar-refractivity contribution is -0.117. The van der Waals surface area contributed by atoms with Gasteiger partial charge >= 0.3 is 0 Å². The summed E-state index contributed by atoms with van der Waals surface area (Å²) in [6, 6.07) is 5.78. The van der Waals surface area contributed by atoms with E-state index in [0.717, 1.165) is 24.9 Å². The molecule has 0 spiro atoms. The van der Waals surface area contributed by atoms with Crippen molar-refractivity contribution in [3.05, 3.63) is 23.8 Å². The number of sulfone groups is 1. The molecule has 1 aromatic rings. The lowest BCUT2D eigenvalue weighted by Gasteiger charge is -2.22. The van der Waals surface area contributed by atoms with Gasteiger partial charge in [0, 0.05) is 19.5 Å². The molecule has 0 aliphatic carbocycles. The molecule has 7 nitrogen and oxygen atoms in total. The van der Waals surface area contributed by atoms with Gasteiger partial charge in [0.15, 0.2) is 21.3 Å². The quantitative estimate of drug-likeness (QED) is 0.513. The van der Waals surface area contributed by atoms with Crippen LogP contribution in [0.15, 0.2) is 18.2 Å². The van der Waals surface area contributed by atoms with Crippen molar-refractivity contribution < 1.29 is 22.7 Å². The largest absolute Gasteiger partial charge is 0.493 e. The van der Waals surface area contributed by atoms with Gasteiger partial charge in [-0.2, -0.15) is 0 Å². The maximum absolute atomic E-state index is 12.1. The third-order valence-corrected chi connectivity index (χ3v) is 5.64. The number of carbonyl (C=O) groups is 1. The molecule has 0 aromatic heterocycles. The molecule has 0 radical (unpaired) electrons. The Balaban J connectivity index is 2.74. The van der Waals surface area contributed by atoms with E-state index in [1.165, 1.54) is 0 Å². The summed E-state index contributed by atoms with van der Waals surface area (Å²) in [4.78, 5) is 12.9. The Labute approximate surface area is 162 Å². The molecule has 154 valence electrons. The van der Waals surface area contributed by atoms with Gasteiger partial charge in [0.1, 0.15) is 0 Å². The van der Waals surface area contributed by atoms with Crippen molar-refractivity contribution in [3.8, 4) is 11.5 Å². The van der Waals surface area contributed by atoms with E-state index in [1.807, 2.05) is 25.1 Å². The van der Waals surface area contributed by atoms with Crippen LogP contribution in [0.25, 0.3) is 0 Å². The van der Waals surface area contributed by atoms with Crippen LogP contribution in [0, 0.1) is 0 Å². The smallest absolute Gasteiger partial charge is 0.218 e. The third kappa shape index (κ3) is 9.10. The molecule has 8 heteroatoms. The van der Waals surface area contributed by atoms with Crippen LogP contribution in [-0.4, -0.2) is 57.5 Å². The Bertz CT molecular complexity index is 691. The van der Waals surface area contributed by atoms with Crippen LogP contribution < -0.4 is 15.2 Å². The molecule has 1 rings (SSSR count). The molecule has 2 N–H and O–H groups in total. The number of benzene rings is 1. The molecule has 0 atom stereocenters. The second-order valence-corrected chi connectivity index (χ2v) is 8.78. The average molecular weight is 401 g/mol. The number of methoxy groups -OCH3 is 1. The highest BCUT2D eigenvalue weighted by molar-refractivity contribution is 7.91. The fourth-order valence-corrected chi connectivity index (χ4v) is 3.86. The van der Waals surface area contributed by atoms with E-state index in [4.69, 9.17) is 15.2 Å². The van der Waals surface area contributed by atoms with Gasteiger partial charge in [-0.25, -0.2) is 8.42 Å². The second kappa shape index (κ2) is 11.8. The molecule has 1 aromatic carbocycles. The van der Waals surface area contributed by atoms with Crippen LogP contribution in [0.5, 0.6) is 11.5 Å². The van der Waals surface area contributed by atoms with Gasteiger partial charge < -0.3 is 15.2 Å². The monoisotopic (exact) mass is 400 g/mol. The fraction of sp³-hybridized carbons (Fsp3) is 0.632. The van der Waals surface area contributed by atoms with Gasteiger partial charge in [0.05, 0.1) is 25.2 Å². The van der Waals surface area contributed by atoms with Crippen LogP contribution in [0.4, 0.5) is 0 Å². The predicted octanol–water partition coefficient (Wildman–Crippen LogP) is 1.99. The standard InChI is InChI=1S/C19H32N2O5S/c1-4-9-21(10-13-27(23,24)12-8-19(20)22)15-16-6-7-17(26-11-5-2)18(14-16)25-3/h6-7,14H,4-5,8-13,15H2,1-3H3,(H2,20,22). The van der Waals surface area contributed by atoms with E-state index >= 15 is 0 Å². The summed E-state index contributed by atoms with van der Waals surface area (Å²) >= 11 is 0. The maximum atomic E-state index is 12.1. The van der Waals surface area contributed by atoms with Crippen molar-refractivity contribution in [2.24, 2.45) is 5.73 Å². The van der Waals surface area contributed by atoms with E-state index in [2.05, 4.69) is 11.8 Å². The predicted molar refractivity (Wildman–Crippen MR) is 107 cm³/mol. The number of carbonyl (C=O) groups excluding carboxylic acids is 1. The lowest BCUT2D eigenvalue weighted by atomic mass is 10.2. The van der Waals surface area contributed by atoms with E-state index in [0.29, 0.717) is 31.2 Å². The highest BCUT2D eigenvalue weighted by Crippen LogP contribution is 2.28. The summed E-state index contributed by atoms with van der Waals surface area (Å²) in [5.74, 6) is 0.599. The van der Waals surface area contributed by atoms with E-state index < -0.39 is 15.7 Å². The zero-order valence-corrected chi connectivity index (χ0v) is 17.4. The minimum atomic E-state index is -3.30. The molecule has 0 aliphatic rings. The van der Waals surface area contributed by atoms with Crippen molar-refractivity contribution >= 4 is 15.7 Å². The molecule has 1 amide bonds. The molecule has 0 unspecified atom stereocenters. The van der Waals surface area contributed by atoms with Crippen molar-refractivity contribution in [2.75, 3.05) is 38.3 Å². The molecule has 0 saturated heterocycles. The van der Waals surface area contributed by atoms with Crippen molar-refractivity contribution in [2.45, 2.75) is 39.7 Å². The van der Waals surface area contributed by atoms with Crippen molar-refractivity contribution in [1.82, 2.24) is 4.90 Å². The zero-order chi connectivity index (χ0) is 20.3. The van der Waals surface area contributed by atoms with Gasteiger partial charge in [-0.1, -0.05) is 19.9 Å². The first-order valence-electron chi connectivity index (χ1n) is 9.32. The number of primary amides is 1. The third-order valence-electron chi connectivity index (χ3n) is 4.01. The van der Waals surface area contributed by atoms with Crippen LogP contribution in [0.3, 0.4) is 0 Å². The van der Waals surface area contributed by atoms with Crippen LogP contribution in [0.1, 0.15) is 38.7 Å². The SMILES string of the molecule is CCCOc1ccc(CN(CCC)CCS(=O)(=O)CCC(N)=O)cc1OC. The molecule has 0 heterocycles. The number of nitrogens with two attached hydrogens (primary N) is 1. The van der Waals surface area contributed by atoms with Gasteiger partial charge in [-0.15, -0.1) is 0 Å². The number of hydrogen-bond acceptors (Lipinski definition) is 6. The van der Waals surface area contributed by atoms with Gasteiger partial charge in [0.2, 0.25) is 5.91 Å². The molecule has 27 heavy (non-hydrogen) atoms. The van der Waals surface area contributed by atoms with E-state index in [9.17, 15) is 13.2 Å². The van der Waals surface area contributed by atoms with E-state index in [1.54, 1.807) is 7.11 Å². The van der Waals surface area contributed by atoms with Crippen LogP contribution in [0.2, 0.25) is 0 Å². The number of ether oxygens (including phenoxy) is 2. The van der Waals surface area contributed by atoms with Crippen molar-refractivity contribution in [1.29, 1.82) is 0 Å². The number of nitrogens with zero attached hydrogens (tertiary/aromatic N) is 1. The minimum Gasteiger partial charge on any atom is -0.493 e. The average Bonchev–Trinajstić information content (AvgIpc) is 2.63. The highest BCUT2D eigenvalue weighted by Gasteiger charge is 2.16. The first-order valence-corrected chi connectivity index (χ1v) is 11.1. The molecule has 0 saturated carbocycles. The van der Waals surface area contributed by atoms with Crippen LogP contribution >= 0.6 is 0 Å². The first-order chi connectivity index (χ1) is 12.8. The molecule has 0 aliphatic heterocycles. The summed E-state index contributed by atoms with van der Waals surface area (Å²) in [6.45, 7) is 6.52. The Morgan fingerprint density at radius 1 is 1.11 bits per heavy atom. The summed E-state index contributed by atoms with van der Waals surface area (Å²) in [6.07, 6.45) is 1.70.